The van der Waals surface area contributed by atoms with Gasteiger partial charge in [0.25, 0.3) is 5.56 Å². The molecule has 0 spiro atoms. The van der Waals surface area contributed by atoms with E-state index in [0.717, 1.165) is 41.7 Å². The summed E-state index contributed by atoms with van der Waals surface area (Å²) in [7, 11) is 0. The molecular weight excluding hydrogens is 396 g/mol. The van der Waals surface area contributed by atoms with Crippen molar-refractivity contribution >= 4 is 21.9 Å². The third-order valence-corrected chi connectivity index (χ3v) is 6.54. The molecule has 172 valence electrons. The highest BCUT2D eigenvalue weighted by Gasteiger charge is 2.22. The Morgan fingerprint density at radius 3 is 2.41 bits per heavy atom. The normalized spacial score (nSPS) is 14.2. The number of rotatable bonds is 8. The second kappa shape index (κ2) is 11.2. The molecule has 4 rings (SSSR count). The van der Waals surface area contributed by atoms with Crippen molar-refractivity contribution in [2.45, 2.75) is 72.8 Å². The first kappa shape index (κ1) is 23.8. The topological polar surface area (TPSA) is 66.5 Å². The standard InChI is InChI=1S/C16H22N4O.C11H16/c1-4-6-10(3)13(5-2)20-14-11-7-8-17-15(11)18-9-12(14)16(21)19-20;1-3-10(2)9-11-7-5-4-6-8-11/h7-10,13H,4-6H2,1-3H3,(H,17,18)(H,19,21);4-8,10H,3,9H2,1-2H3. The van der Waals surface area contributed by atoms with E-state index < -0.39 is 0 Å². The molecule has 5 heteroatoms. The monoisotopic (exact) mass is 434 g/mol. The molecule has 0 aliphatic heterocycles. The molecule has 0 amide bonds. The van der Waals surface area contributed by atoms with E-state index in [0.29, 0.717) is 17.3 Å². The van der Waals surface area contributed by atoms with Gasteiger partial charge in [0.15, 0.2) is 0 Å². The second-order valence-electron chi connectivity index (χ2n) is 9.02. The van der Waals surface area contributed by atoms with E-state index in [1.54, 1.807) is 6.20 Å². The second-order valence-corrected chi connectivity index (χ2v) is 9.02. The average molecular weight is 435 g/mol. The van der Waals surface area contributed by atoms with Crippen LogP contribution in [-0.2, 0) is 6.42 Å². The van der Waals surface area contributed by atoms with E-state index >= 15 is 0 Å². The van der Waals surface area contributed by atoms with Crippen LogP contribution >= 0.6 is 0 Å². The molecule has 3 atom stereocenters. The van der Waals surface area contributed by atoms with E-state index in [4.69, 9.17) is 0 Å². The van der Waals surface area contributed by atoms with E-state index in [9.17, 15) is 4.79 Å². The summed E-state index contributed by atoms with van der Waals surface area (Å²) in [6, 6.07) is 13.0. The van der Waals surface area contributed by atoms with Crippen LogP contribution in [0.5, 0.6) is 0 Å². The number of H-pyrrole nitrogens is 2. The number of benzene rings is 1. The fraction of sp³-hybridized carbons (Fsp3) is 0.481. The van der Waals surface area contributed by atoms with Gasteiger partial charge in [0.1, 0.15) is 5.65 Å². The van der Waals surface area contributed by atoms with Gasteiger partial charge in [-0.1, -0.05) is 77.8 Å². The number of aromatic amines is 2. The Balaban J connectivity index is 0.000000222. The summed E-state index contributed by atoms with van der Waals surface area (Å²) in [5, 5.41) is 4.71. The van der Waals surface area contributed by atoms with Crippen LogP contribution in [0.2, 0.25) is 0 Å². The SMILES string of the molecule is CCC(C)Cc1ccccc1.CCCC(C)C(CC)n1[nH]c(=O)c2cnc3[nH]ccc3c21. The van der Waals surface area contributed by atoms with Gasteiger partial charge in [0.05, 0.1) is 16.9 Å². The van der Waals surface area contributed by atoms with Crippen LogP contribution in [0.3, 0.4) is 0 Å². The zero-order valence-corrected chi connectivity index (χ0v) is 20.2. The number of hydrogen-bond acceptors (Lipinski definition) is 2. The van der Waals surface area contributed by atoms with Gasteiger partial charge >= 0.3 is 0 Å². The molecule has 0 saturated heterocycles. The van der Waals surface area contributed by atoms with Crippen LogP contribution < -0.4 is 5.56 Å². The molecule has 32 heavy (non-hydrogen) atoms. The molecule has 2 N–H and O–H groups in total. The number of nitrogens with one attached hydrogen (secondary N) is 2. The average Bonchev–Trinajstić information content (AvgIpc) is 3.40. The van der Waals surface area contributed by atoms with Crippen molar-refractivity contribution in [3.8, 4) is 0 Å². The Labute approximate surface area is 191 Å². The van der Waals surface area contributed by atoms with Gasteiger partial charge in [0, 0.05) is 17.8 Å². The third kappa shape index (κ3) is 5.32. The Morgan fingerprint density at radius 2 is 1.75 bits per heavy atom. The van der Waals surface area contributed by atoms with Gasteiger partial charge in [-0.15, -0.1) is 0 Å². The lowest BCUT2D eigenvalue weighted by Gasteiger charge is -2.24. The van der Waals surface area contributed by atoms with Gasteiger partial charge in [-0.3, -0.25) is 14.6 Å². The fourth-order valence-electron chi connectivity index (χ4n) is 4.54. The maximum absolute atomic E-state index is 12.2. The lowest BCUT2D eigenvalue weighted by Crippen LogP contribution is -2.19. The fourth-order valence-corrected chi connectivity index (χ4v) is 4.54. The molecule has 0 fully saturated rings. The summed E-state index contributed by atoms with van der Waals surface area (Å²) < 4.78 is 2.07. The first-order valence-electron chi connectivity index (χ1n) is 12.1. The Hall–Kier alpha value is -2.82. The first-order valence-corrected chi connectivity index (χ1v) is 12.1. The summed E-state index contributed by atoms with van der Waals surface area (Å²) in [6.07, 6.45) is 9.33. The Kier molecular flexibility index (Phi) is 8.32. The maximum Gasteiger partial charge on any atom is 0.273 e. The minimum atomic E-state index is -0.0530. The number of aromatic nitrogens is 4. The molecule has 3 aromatic heterocycles. The van der Waals surface area contributed by atoms with Crippen LogP contribution in [0, 0.1) is 11.8 Å². The smallest absolute Gasteiger partial charge is 0.273 e. The first-order chi connectivity index (χ1) is 15.5. The molecule has 0 bridgehead atoms. The maximum atomic E-state index is 12.2. The van der Waals surface area contributed by atoms with Crippen LogP contribution in [0.25, 0.3) is 21.9 Å². The van der Waals surface area contributed by atoms with Crippen molar-refractivity contribution in [1.29, 1.82) is 0 Å². The molecule has 3 unspecified atom stereocenters. The number of hydrogen-bond donors (Lipinski definition) is 2. The number of pyridine rings is 1. The number of fused-ring (bicyclic) bond motifs is 3. The predicted octanol–water partition coefficient (Wildman–Crippen LogP) is 6.87. The van der Waals surface area contributed by atoms with Gasteiger partial charge in [0.2, 0.25) is 0 Å². The summed E-state index contributed by atoms with van der Waals surface area (Å²) in [4.78, 5) is 19.7. The van der Waals surface area contributed by atoms with E-state index in [1.807, 2.05) is 12.3 Å². The zero-order valence-electron chi connectivity index (χ0n) is 20.2. The summed E-state index contributed by atoms with van der Waals surface area (Å²) in [5.41, 5.74) is 3.21. The van der Waals surface area contributed by atoms with Crippen molar-refractivity contribution < 1.29 is 0 Å². The molecule has 4 aromatic rings. The Morgan fingerprint density at radius 1 is 1.00 bits per heavy atom. The molecule has 0 aliphatic rings. The predicted molar refractivity (Wildman–Crippen MR) is 135 cm³/mol. The highest BCUT2D eigenvalue weighted by molar-refractivity contribution is 6.02. The van der Waals surface area contributed by atoms with Crippen LogP contribution in [0.15, 0.2) is 53.6 Å². The summed E-state index contributed by atoms with van der Waals surface area (Å²) in [5.74, 6) is 1.34. The van der Waals surface area contributed by atoms with Crippen LogP contribution in [-0.4, -0.2) is 19.7 Å². The van der Waals surface area contributed by atoms with E-state index in [2.05, 4.69) is 84.7 Å². The van der Waals surface area contributed by atoms with E-state index in [-0.39, 0.29) is 5.56 Å². The molecule has 0 radical (unpaired) electrons. The van der Waals surface area contributed by atoms with Crippen molar-refractivity contribution in [3.63, 3.8) is 0 Å². The molecule has 1 aromatic carbocycles. The van der Waals surface area contributed by atoms with Gasteiger partial charge in [-0.2, -0.15) is 0 Å². The quantitative estimate of drug-likeness (QED) is 0.318. The molecular formula is C27H38N4O. The molecule has 0 aliphatic carbocycles. The zero-order chi connectivity index (χ0) is 23.1. The highest BCUT2D eigenvalue weighted by atomic mass is 16.1. The summed E-state index contributed by atoms with van der Waals surface area (Å²) >= 11 is 0. The third-order valence-electron chi connectivity index (χ3n) is 6.54. The minimum absolute atomic E-state index is 0.0530. The number of nitrogens with zero attached hydrogens (tertiary/aromatic N) is 2. The molecule has 5 nitrogen and oxygen atoms in total. The molecule has 0 saturated carbocycles. The van der Waals surface area contributed by atoms with Gasteiger partial charge < -0.3 is 4.98 Å². The largest absolute Gasteiger partial charge is 0.346 e. The van der Waals surface area contributed by atoms with Crippen LogP contribution in [0.1, 0.15) is 71.9 Å². The molecule has 3 heterocycles. The summed E-state index contributed by atoms with van der Waals surface area (Å²) in [6.45, 7) is 11.2. The lowest BCUT2D eigenvalue weighted by atomic mass is 9.95. The van der Waals surface area contributed by atoms with Crippen LogP contribution in [0.4, 0.5) is 0 Å². The van der Waals surface area contributed by atoms with Crippen molar-refractivity contribution in [2.24, 2.45) is 11.8 Å². The van der Waals surface area contributed by atoms with Crippen molar-refractivity contribution in [3.05, 3.63) is 64.7 Å². The van der Waals surface area contributed by atoms with Gasteiger partial charge in [-0.25, -0.2) is 4.98 Å². The minimum Gasteiger partial charge on any atom is -0.346 e. The highest BCUT2D eigenvalue weighted by Crippen LogP contribution is 2.30. The van der Waals surface area contributed by atoms with Crippen molar-refractivity contribution in [2.75, 3.05) is 0 Å². The Bertz CT molecular complexity index is 1150. The van der Waals surface area contributed by atoms with E-state index in [1.165, 1.54) is 18.4 Å². The lowest BCUT2D eigenvalue weighted by molar-refractivity contribution is 0.306. The van der Waals surface area contributed by atoms with Crippen molar-refractivity contribution in [1.82, 2.24) is 19.7 Å². The van der Waals surface area contributed by atoms with Gasteiger partial charge in [-0.05, 0) is 42.7 Å².